The predicted octanol–water partition coefficient (Wildman–Crippen LogP) is 4.67. The van der Waals surface area contributed by atoms with Crippen LogP contribution in [0.4, 0.5) is 0 Å². The summed E-state index contributed by atoms with van der Waals surface area (Å²) in [5, 5.41) is 0. The first-order chi connectivity index (χ1) is 8.04. The normalized spacial score (nSPS) is 20.1. The standard InChI is InChI=1S/C15H15IO/c1-15(2)7-6-10-12-8-9(17-3)4-5-11(12)14(16)13(10)15/h4-6,8H,7H2,1-3H3. The fourth-order valence-electron chi connectivity index (χ4n) is 2.79. The Morgan fingerprint density at radius 3 is 2.71 bits per heavy atom. The van der Waals surface area contributed by atoms with Crippen molar-refractivity contribution < 1.29 is 4.74 Å². The lowest BCUT2D eigenvalue weighted by Crippen LogP contribution is -2.08. The molecule has 1 nitrogen and oxygen atoms in total. The van der Waals surface area contributed by atoms with Crippen LogP contribution in [-0.2, 0) is 0 Å². The topological polar surface area (TPSA) is 9.23 Å². The highest BCUT2D eigenvalue weighted by molar-refractivity contribution is 14.1. The molecule has 0 unspecified atom stereocenters. The van der Waals surface area contributed by atoms with Gasteiger partial charge in [-0.15, -0.1) is 0 Å². The van der Waals surface area contributed by atoms with Crippen molar-refractivity contribution in [3.63, 3.8) is 0 Å². The van der Waals surface area contributed by atoms with Gasteiger partial charge in [0.25, 0.3) is 0 Å². The number of fused-ring (bicyclic) bond motifs is 3. The molecule has 0 heterocycles. The van der Waals surface area contributed by atoms with Crippen molar-refractivity contribution in [1.82, 2.24) is 0 Å². The van der Waals surface area contributed by atoms with Crippen LogP contribution in [-0.4, -0.2) is 7.11 Å². The molecule has 0 amide bonds. The van der Waals surface area contributed by atoms with Crippen LogP contribution in [0.25, 0.3) is 9.15 Å². The quantitative estimate of drug-likeness (QED) is 0.677. The molecule has 17 heavy (non-hydrogen) atoms. The van der Waals surface area contributed by atoms with Crippen molar-refractivity contribution in [1.29, 1.82) is 0 Å². The molecule has 0 bridgehead atoms. The van der Waals surface area contributed by atoms with Gasteiger partial charge in [-0.2, -0.15) is 0 Å². The van der Waals surface area contributed by atoms with E-state index < -0.39 is 0 Å². The van der Waals surface area contributed by atoms with Gasteiger partial charge in [0.05, 0.1) is 7.11 Å². The number of benzene rings is 1. The molecule has 0 saturated heterocycles. The Balaban J connectivity index is 2.22. The molecule has 0 aliphatic heterocycles. The van der Waals surface area contributed by atoms with E-state index in [1.165, 1.54) is 25.9 Å². The Morgan fingerprint density at radius 1 is 1.24 bits per heavy atom. The molecule has 3 rings (SSSR count). The van der Waals surface area contributed by atoms with Gasteiger partial charge in [0.1, 0.15) is 5.75 Å². The third-order valence-corrected chi connectivity index (χ3v) is 4.86. The third kappa shape index (κ3) is 1.49. The van der Waals surface area contributed by atoms with E-state index in [4.69, 9.17) is 4.74 Å². The monoisotopic (exact) mass is 338 g/mol. The molecular formula is C15H15IO. The van der Waals surface area contributed by atoms with E-state index in [0.29, 0.717) is 0 Å². The summed E-state index contributed by atoms with van der Waals surface area (Å²) < 4.78 is 6.74. The zero-order chi connectivity index (χ0) is 12.2. The SMILES string of the molecule is COc1ccc2c(c1)C1=CCC(C)(C)C1=C2I. The minimum atomic E-state index is 0.276. The summed E-state index contributed by atoms with van der Waals surface area (Å²) in [4.78, 5) is 0. The van der Waals surface area contributed by atoms with Gasteiger partial charge in [0.2, 0.25) is 0 Å². The Hall–Kier alpha value is -0.770. The zero-order valence-electron chi connectivity index (χ0n) is 10.3. The fraction of sp³-hybridized carbons (Fsp3) is 0.333. The lowest BCUT2D eigenvalue weighted by Gasteiger charge is -2.20. The van der Waals surface area contributed by atoms with Crippen LogP contribution in [0.3, 0.4) is 0 Å². The highest BCUT2D eigenvalue weighted by atomic mass is 127. The lowest BCUT2D eigenvalue weighted by atomic mass is 9.85. The van der Waals surface area contributed by atoms with Crippen LogP contribution in [0.1, 0.15) is 31.4 Å². The molecule has 1 aromatic carbocycles. The van der Waals surface area contributed by atoms with Gasteiger partial charge >= 0.3 is 0 Å². The number of ether oxygens (including phenoxy) is 1. The predicted molar refractivity (Wildman–Crippen MR) is 80.3 cm³/mol. The first kappa shape index (κ1) is 11.3. The number of hydrogen-bond acceptors (Lipinski definition) is 1. The largest absolute Gasteiger partial charge is 0.497 e. The third-order valence-electron chi connectivity index (χ3n) is 3.74. The van der Waals surface area contributed by atoms with Crippen LogP contribution in [0.2, 0.25) is 0 Å². The molecule has 0 spiro atoms. The molecule has 2 aliphatic rings. The van der Waals surface area contributed by atoms with Crippen molar-refractivity contribution in [3.05, 3.63) is 41.0 Å². The van der Waals surface area contributed by atoms with Crippen LogP contribution in [0.5, 0.6) is 5.75 Å². The number of rotatable bonds is 1. The minimum absolute atomic E-state index is 0.276. The summed E-state index contributed by atoms with van der Waals surface area (Å²) in [6.07, 6.45) is 3.51. The molecule has 0 N–H and O–H groups in total. The highest BCUT2D eigenvalue weighted by Gasteiger charge is 2.38. The average molecular weight is 338 g/mol. The number of hydrogen-bond donors (Lipinski definition) is 0. The van der Waals surface area contributed by atoms with E-state index in [1.54, 1.807) is 7.11 Å². The van der Waals surface area contributed by atoms with E-state index in [1.807, 2.05) is 6.07 Å². The van der Waals surface area contributed by atoms with Crippen LogP contribution >= 0.6 is 22.6 Å². The van der Waals surface area contributed by atoms with Crippen molar-refractivity contribution in [2.75, 3.05) is 7.11 Å². The zero-order valence-corrected chi connectivity index (χ0v) is 12.5. The van der Waals surface area contributed by atoms with Gasteiger partial charge in [-0.25, -0.2) is 0 Å². The number of allylic oxidation sites excluding steroid dienone is 3. The lowest BCUT2D eigenvalue weighted by molar-refractivity contribution is 0.414. The fourth-order valence-corrected chi connectivity index (χ4v) is 4.28. The second-order valence-electron chi connectivity index (χ2n) is 5.31. The number of halogens is 1. The minimum Gasteiger partial charge on any atom is -0.497 e. The van der Waals surface area contributed by atoms with Crippen molar-refractivity contribution in [3.8, 4) is 5.75 Å². The molecule has 0 saturated carbocycles. The maximum atomic E-state index is 5.33. The van der Waals surface area contributed by atoms with Gasteiger partial charge in [0, 0.05) is 3.58 Å². The second-order valence-corrected chi connectivity index (χ2v) is 6.39. The molecule has 0 aromatic heterocycles. The molecule has 88 valence electrons. The maximum absolute atomic E-state index is 5.33. The highest BCUT2D eigenvalue weighted by Crippen LogP contribution is 2.57. The van der Waals surface area contributed by atoms with Crippen LogP contribution in [0, 0.1) is 5.41 Å². The smallest absolute Gasteiger partial charge is 0.119 e. The number of methoxy groups -OCH3 is 1. The van der Waals surface area contributed by atoms with Gasteiger partial charge < -0.3 is 4.74 Å². The Bertz CT molecular complexity index is 564. The van der Waals surface area contributed by atoms with Gasteiger partial charge in [0.15, 0.2) is 0 Å². The summed E-state index contributed by atoms with van der Waals surface area (Å²) in [5.41, 5.74) is 5.92. The van der Waals surface area contributed by atoms with Crippen LogP contribution < -0.4 is 4.74 Å². The first-order valence-electron chi connectivity index (χ1n) is 5.84. The molecular weight excluding hydrogens is 323 g/mol. The van der Waals surface area contributed by atoms with E-state index in [2.05, 4.69) is 54.6 Å². The summed E-state index contributed by atoms with van der Waals surface area (Å²) in [7, 11) is 1.73. The summed E-state index contributed by atoms with van der Waals surface area (Å²) in [6, 6.07) is 6.39. The van der Waals surface area contributed by atoms with Gasteiger partial charge in [-0.05, 0) is 74.9 Å². The maximum Gasteiger partial charge on any atom is 0.119 e. The molecule has 1 aromatic rings. The average Bonchev–Trinajstić information content (AvgIpc) is 2.77. The molecule has 0 fully saturated rings. The summed E-state index contributed by atoms with van der Waals surface area (Å²) >= 11 is 2.49. The molecule has 0 atom stereocenters. The van der Waals surface area contributed by atoms with E-state index in [-0.39, 0.29) is 5.41 Å². The second kappa shape index (κ2) is 3.61. The summed E-state index contributed by atoms with van der Waals surface area (Å²) in [5.74, 6) is 0.944. The van der Waals surface area contributed by atoms with Gasteiger partial charge in [-0.1, -0.05) is 19.9 Å². The van der Waals surface area contributed by atoms with Gasteiger partial charge in [-0.3, -0.25) is 0 Å². The molecule has 2 heteroatoms. The van der Waals surface area contributed by atoms with Crippen LogP contribution in [0.15, 0.2) is 29.8 Å². The Morgan fingerprint density at radius 2 is 2.00 bits per heavy atom. The van der Waals surface area contributed by atoms with E-state index in [9.17, 15) is 0 Å². The first-order valence-corrected chi connectivity index (χ1v) is 6.92. The Labute approximate surface area is 116 Å². The van der Waals surface area contributed by atoms with Crippen molar-refractivity contribution in [2.45, 2.75) is 20.3 Å². The van der Waals surface area contributed by atoms with Crippen molar-refractivity contribution in [2.24, 2.45) is 5.41 Å². The summed E-state index contributed by atoms with van der Waals surface area (Å²) in [6.45, 7) is 4.65. The molecule has 2 aliphatic carbocycles. The van der Waals surface area contributed by atoms with E-state index in [0.717, 1.165) is 12.2 Å². The molecule has 0 radical (unpaired) electrons. The Kier molecular flexibility index (Phi) is 2.41. The van der Waals surface area contributed by atoms with E-state index >= 15 is 0 Å². The van der Waals surface area contributed by atoms with Crippen molar-refractivity contribution >= 4 is 31.7 Å².